The predicted octanol–water partition coefficient (Wildman–Crippen LogP) is 3.08. The first-order chi connectivity index (χ1) is 8.02. The number of hydrogen-bond acceptors (Lipinski definition) is 2. The van der Waals surface area contributed by atoms with E-state index in [1.165, 1.54) is 11.1 Å². The van der Waals surface area contributed by atoms with Crippen LogP contribution in [0.2, 0.25) is 0 Å². The molecule has 2 heteroatoms. The van der Waals surface area contributed by atoms with Gasteiger partial charge in [-0.2, -0.15) is 0 Å². The fourth-order valence-corrected chi connectivity index (χ4v) is 2.50. The zero-order valence-corrected chi connectivity index (χ0v) is 11.3. The molecule has 1 heterocycles. The molecule has 1 aromatic rings. The molecule has 2 nitrogen and oxygen atoms in total. The van der Waals surface area contributed by atoms with Crippen molar-refractivity contribution in [3.63, 3.8) is 0 Å². The number of rotatable bonds is 2. The second-order valence-corrected chi connectivity index (χ2v) is 5.64. The molecule has 1 N–H and O–H groups in total. The second-order valence-electron chi connectivity index (χ2n) is 5.64. The molecule has 94 valence electrons. The molecule has 0 saturated carbocycles. The van der Waals surface area contributed by atoms with Crippen LogP contribution in [0.15, 0.2) is 24.3 Å². The Kier molecular flexibility index (Phi) is 3.55. The van der Waals surface area contributed by atoms with Crippen LogP contribution in [-0.2, 0) is 11.2 Å². The van der Waals surface area contributed by atoms with Gasteiger partial charge in [0.15, 0.2) is 0 Å². The van der Waals surface area contributed by atoms with Crippen LogP contribution in [0.4, 0.5) is 0 Å². The number of benzene rings is 1. The fourth-order valence-electron chi connectivity index (χ4n) is 2.50. The Balaban J connectivity index is 2.12. The molecule has 0 aliphatic carbocycles. The molecular formula is C15H23NO. The Morgan fingerprint density at radius 1 is 1.29 bits per heavy atom. The van der Waals surface area contributed by atoms with E-state index in [2.05, 4.69) is 57.3 Å². The van der Waals surface area contributed by atoms with Crippen LogP contribution >= 0.6 is 0 Å². The average Bonchev–Trinajstić information content (AvgIpc) is 2.28. The molecule has 1 fully saturated rings. The molecule has 1 aliphatic heterocycles. The van der Waals surface area contributed by atoms with E-state index < -0.39 is 0 Å². The Labute approximate surface area is 104 Å². The van der Waals surface area contributed by atoms with Gasteiger partial charge in [0.1, 0.15) is 0 Å². The monoisotopic (exact) mass is 233 g/mol. The van der Waals surface area contributed by atoms with Crippen LogP contribution in [0.3, 0.4) is 0 Å². The maximum absolute atomic E-state index is 6.00. The molecule has 1 aromatic carbocycles. The maximum atomic E-state index is 6.00. The third-order valence-electron chi connectivity index (χ3n) is 3.41. The summed E-state index contributed by atoms with van der Waals surface area (Å²) >= 11 is 0. The molecule has 0 bridgehead atoms. The van der Waals surface area contributed by atoms with Crippen molar-refractivity contribution in [2.75, 3.05) is 6.61 Å². The van der Waals surface area contributed by atoms with E-state index in [1.807, 2.05) is 0 Å². The van der Waals surface area contributed by atoms with Crippen LogP contribution in [0.5, 0.6) is 0 Å². The third-order valence-corrected chi connectivity index (χ3v) is 3.41. The molecule has 0 aromatic heterocycles. The van der Waals surface area contributed by atoms with E-state index >= 15 is 0 Å². The van der Waals surface area contributed by atoms with Gasteiger partial charge >= 0.3 is 0 Å². The van der Waals surface area contributed by atoms with Crippen LogP contribution in [-0.4, -0.2) is 18.2 Å². The summed E-state index contributed by atoms with van der Waals surface area (Å²) in [6.45, 7) is 9.50. The number of hydrogen-bond donors (Lipinski definition) is 1. The molecule has 0 spiro atoms. The lowest BCUT2D eigenvalue weighted by atomic mass is 9.95. The summed E-state index contributed by atoms with van der Waals surface area (Å²) < 4.78 is 6.00. The molecule has 0 radical (unpaired) electrons. The summed E-state index contributed by atoms with van der Waals surface area (Å²) in [5, 5.41) is 3.61. The molecule has 2 rings (SSSR count). The van der Waals surface area contributed by atoms with Gasteiger partial charge in [-0.25, -0.2) is 0 Å². The Hall–Kier alpha value is -0.860. The zero-order valence-electron chi connectivity index (χ0n) is 11.3. The third kappa shape index (κ3) is 2.88. The van der Waals surface area contributed by atoms with Crippen molar-refractivity contribution < 1.29 is 4.74 Å². The predicted molar refractivity (Wildman–Crippen MR) is 71.2 cm³/mol. The number of morpholine rings is 1. The van der Waals surface area contributed by atoms with Gasteiger partial charge in [0.2, 0.25) is 0 Å². The van der Waals surface area contributed by atoms with Crippen LogP contribution in [0.25, 0.3) is 0 Å². The molecule has 1 saturated heterocycles. The van der Waals surface area contributed by atoms with Crippen LogP contribution in [0, 0.1) is 0 Å². The van der Waals surface area contributed by atoms with Crippen molar-refractivity contribution in [1.82, 2.24) is 5.32 Å². The average molecular weight is 233 g/mol. The lowest BCUT2D eigenvalue weighted by molar-refractivity contribution is -0.0495. The van der Waals surface area contributed by atoms with Crippen molar-refractivity contribution >= 4 is 0 Å². The van der Waals surface area contributed by atoms with Gasteiger partial charge in [-0.3, -0.25) is 0 Å². The van der Waals surface area contributed by atoms with Gasteiger partial charge in [0, 0.05) is 11.6 Å². The molecule has 17 heavy (non-hydrogen) atoms. The summed E-state index contributed by atoms with van der Waals surface area (Å²) in [6.07, 6.45) is 1.26. The van der Waals surface area contributed by atoms with E-state index in [4.69, 9.17) is 4.74 Å². The SMILES string of the molecule is CCc1ccc(C2OCC(C)(C)NC2C)cc1. The van der Waals surface area contributed by atoms with E-state index in [0.717, 1.165) is 13.0 Å². The van der Waals surface area contributed by atoms with Gasteiger partial charge in [-0.1, -0.05) is 31.2 Å². The van der Waals surface area contributed by atoms with Gasteiger partial charge in [-0.15, -0.1) is 0 Å². The number of aryl methyl sites for hydroxylation is 1. The summed E-state index contributed by atoms with van der Waals surface area (Å²) in [5.41, 5.74) is 2.74. The lowest BCUT2D eigenvalue weighted by Crippen LogP contribution is -2.55. The van der Waals surface area contributed by atoms with E-state index in [-0.39, 0.29) is 11.6 Å². The summed E-state index contributed by atoms with van der Waals surface area (Å²) in [5.74, 6) is 0. The highest BCUT2D eigenvalue weighted by atomic mass is 16.5. The van der Waals surface area contributed by atoms with Crippen molar-refractivity contribution in [2.24, 2.45) is 0 Å². The molecule has 2 atom stereocenters. The van der Waals surface area contributed by atoms with Crippen LogP contribution < -0.4 is 5.32 Å². The topological polar surface area (TPSA) is 21.3 Å². The number of nitrogens with one attached hydrogen (secondary N) is 1. The molecule has 0 amide bonds. The highest BCUT2D eigenvalue weighted by Gasteiger charge is 2.32. The Morgan fingerprint density at radius 2 is 1.94 bits per heavy atom. The van der Waals surface area contributed by atoms with Crippen molar-refractivity contribution in [2.45, 2.75) is 51.8 Å². The minimum atomic E-state index is 0.0826. The normalized spacial score (nSPS) is 28.0. The Bertz CT molecular complexity index is 369. The first-order valence-corrected chi connectivity index (χ1v) is 6.50. The molecule has 1 aliphatic rings. The standard InChI is InChI=1S/C15H23NO/c1-5-12-6-8-13(9-7-12)14-11(2)16-15(3,4)10-17-14/h6-9,11,14,16H,5,10H2,1-4H3. The second kappa shape index (κ2) is 4.79. The number of ether oxygens (including phenoxy) is 1. The van der Waals surface area contributed by atoms with Gasteiger partial charge in [0.25, 0.3) is 0 Å². The highest BCUT2D eigenvalue weighted by molar-refractivity contribution is 5.25. The summed E-state index contributed by atoms with van der Waals surface area (Å²) in [7, 11) is 0. The van der Waals surface area contributed by atoms with Gasteiger partial charge < -0.3 is 10.1 Å². The quantitative estimate of drug-likeness (QED) is 0.847. The fraction of sp³-hybridized carbons (Fsp3) is 0.600. The van der Waals surface area contributed by atoms with Gasteiger partial charge in [-0.05, 0) is 38.3 Å². The highest BCUT2D eigenvalue weighted by Crippen LogP contribution is 2.28. The first-order valence-electron chi connectivity index (χ1n) is 6.50. The van der Waals surface area contributed by atoms with E-state index in [0.29, 0.717) is 6.04 Å². The van der Waals surface area contributed by atoms with Crippen molar-refractivity contribution in [3.05, 3.63) is 35.4 Å². The lowest BCUT2D eigenvalue weighted by Gasteiger charge is -2.41. The van der Waals surface area contributed by atoms with E-state index in [1.54, 1.807) is 0 Å². The van der Waals surface area contributed by atoms with E-state index in [9.17, 15) is 0 Å². The minimum Gasteiger partial charge on any atom is -0.370 e. The van der Waals surface area contributed by atoms with Crippen LogP contribution in [0.1, 0.15) is 44.9 Å². The summed E-state index contributed by atoms with van der Waals surface area (Å²) in [4.78, 5) is 0. The summed E-state index contributed by atoms with van der Waals surface area (Å²) in [6, 6.07) is 9.14. The minimum absolute atomic E-state index is 0.0826. The smallest absolute Gasteiger partial charge is 0.0976 e. The van der Waals surface area contributed by atoms with Gasteiger partial charge in [0.05, 0.1) is 12.7 Å². The maximum Gasteiger partial charge on any atom is 0.0976 e. The molecule has 2 unspecified atom stereocenters. The molecular weight excluding hydrogens is 210 g/mol. The zero-order chi connectivity index (χ0) is 12.5. The Morgan fingerprint density at radius 3 is 2.47 bits per heavy atom. The largest absolute Gasteiger partial charge is 0.370 e. The first kappa shape index (κ1) is 12.6. The van der Waals surface area contributed by atoms with Crippen molar-refractivity contribution in [1.29, 1.82) is 0 Å². The van der Waals surface area contributed by atoms with Crippen molar-refractivity contribution in [3.8, 4) is 0 Å².